The molecule has 3 rings (SSSR count). The fraction of sp³-hybridized carbons (Fsp3) is 0.227. The lowest BCUT2D eigenvalue weighted by Gasteiger charge is -2.25. The highest BCUT2D eigenvalue weighted by Gasteiger charge is 2.20. The molecule has 1 heterocycles. The first-order valence-corrected chi connectivity index (χ1v) is 9.32. The Hall–Kier alpha value is -2.59. The summed E-state index contributed by atoms with van der Waals surface area (Å²) in [5.74, 6) is -0.350. The smallest absolute Gasteiger partial charge is 0.240 e. The standard InChI is InChI=1S/C22H22ClFN2O/c1-17(23)22(27)26(15-18-6-3-2-4-7-18)16-21-8-5-13-25(21)14-19-9-11-20(24)12-10-19/h2-13,17H,14-16H2,1H3. The number of hydrogen-bond donors (Lipinski definition) is 0. The van der Waals surface area contributed by atoms with E-state index in [1.165, 1.54) is 12.1 Å². The minimum Gasteiger partial charge on any atom is -0.345 e. The normalized spacial score (nSPS) is 12.0. The van der Waals surface area contributed by atoms with E-state index in [0.29, 0.717) is 19.6 Å². The van der Waals surface area contributed by atoms with E-state index in [0.717, 1.165) is 16.8 Å². The van der Waals surface area contributed by atoms with Crippen LogP contribution in [-0.4, -0.2) is 20.8 Å². The zero-order valence-electron chi connectivity index (χ0n) is 15.2. The first kappa shape index (κ1) is 19.2. The summed E-state index contributed by atoms with van der Waals surface area (Å²) in [6.07, 6.45) is 1.97. The van der Waals surface area contributed by atoms with Gasteiger partial charge >= 0.3 is 0 Å². The molecular weight excluding hydrogens is 363 g/mol. The number of amides is 1. The zero-order valence-corrected chi connectivity index (χ0v) is 15.9. The van der Waals surface area contributed by atoms with Crippen molar-refractivity contribution in [3.05, 3.63) is 95.6 Å². The molecule has 0 N–H and O–H groups in total. The summed E-state index contributed by atoms with van der Waals surface area (Å²) in [7, 11) is 0. The molecule has 0 radical (unpaired) electrons. The topological polar surface area (TPSA) is 25.2 Å². The van der Waals surface area contributed by atoms with Gasteiger partial charge in [-0.2, -0.15) is 0 Å². The number of rotatable bonds is 7. The first-order valence-electron chi connectivity index (χ1n) is 8.88. The predicted octanol–water partition coefficient (Wildman–Crippen LogP) is 4.83. The van der Waals surface area contributed by atoms with E-state index in [1.807, 2.05) is 48.7 Å². The number of carbonyl (C=O) groups excluding carboxylic acids is 1. The Morgan fingerprint density at radius 1 is 1.00 bits per heavy atom. The van der Waals surface area contributed by atoms with Crippen molar-refractivity contribution in [1.29, 1.82) is 0 Å². The van der Waals surface area contributed by atoms with E-state index in [-0.39, 0.29) is 11.7 Å². The van der Waals surface area contributed by atoms with Crippen molar-refractivity contribution in [3.63, 3.8) is 0 Å². The highest BCUT2D eigenvalue weighted by Crippen LogP contribution is 2.16. The van der Waals surface area contributed by atoms with Crippen LogP contribution in [0.1, 0.15) is 23.7 Å². The van der Waals surface area contributed by atoms with Crippen LogP contribution in [-0.2, 0) is 24.4 Å². The third-order valence-corrected chi connectivity index (χ3v) is 4.60. The van der Waals surface area contributed by atoms with Crippen molar-refractivity contribution in [2.45, 2.75) is 31.9 Å². The Morgan fingerprint density at radius 2 is 1.70 bits per heavy atom. The van der Waals surface area contributed by atoms with Crippen molar-refractivity contribution >= 4 is 17.5 Å². The molecule has 0 saturated heterocycles. The summed E-state index contributed by atoms with van der Waals surface area (Å²) in [6.45, 7) is 3.27. The molecule has 5 heteroatoms. The SMILES string of the molecule is CC(Cl)C(=O)N(Cc1ccccc1)Cc1cccn1Cc1ccc(F)cc1. The molecule has 27 heavy (non-hydrogen) atoms. The summed E-state index contributed by atoms with van der Waals surface area (Å²) in [4.78, 5) is 14.4. The van der Waals surface area contributed by atoms with Gasteiger partial charge in [0.1, 0.15) is 11.2 Å². The number of benzene rings is 2. The summed E-state index contributed by atoms with van der Waals surface area (Å²) in [6, 6.07) is 20.3. The molecule has 1 unspecified atom stereocenters. The van der Waals surface area contributed by atoms with Crippen LogP contribution < -0.4 is 0 Å². The molecule has 0 aliphatic rings. The maximum Gasteiger partial charge on any atom is 0.240 e. The molecule has 0 aliphatic carbocycles. The number of hydrogen-bond acceptors (Lipinski definition) is 1. The summed E-state index contributed by atoms with van der Waals surface area (Å²) in [5.41, 5.74) is 3.06. The van der Waals surface area contributed by atoms with Crippen LogP contribution in [0.25, 0.3) is 0 Å². The quantitative estimate of drug-likeness (QED) is 0.535. The van der Waals surface area contributed by atoms with Gasteiger partial charge in [0.2, 0.25) is 5.91 Å². The molecule has 3 aromatic rings. The van der Waals surface area contributed by atoms with Crippen molar-refractivity contribution in [3.8, 4) is 0 Å². The van der Waals surface area contributed by atoms with Crippen LogP contribution in [0.15, 0.2) is 72.9 Å². The van der Waals surface area contributed by atoms with Gasteiger partial charge in [-0.15, -0.1) is 11.6 Å². The molecule has 0 fully saturated rings. The average molecular weight is 385 g/mol. The molecule has 3 nitrogen and oxygen atoms in total. The lowest BCUT2D eigenvalue weighted by atomic mass is 10.2. The molecule has 1 amide bonds. The van der Waals surface area contributed by atoms with Crippen LogP contribution in [0.4, 0.5) is 4.39 Å². The van der Waals surface area contributed by atoms with Gasteiger partial charge in [-0.1, -0.05) is 42.5 Å². The first-order chi connectivity index (χ1) is 13.0. The highest BCUT2D eigenvalue weighted by atomic mass is 35.5. The Kier molecular flexibility index (Phi) is 6.30. The van der Waals surface area contributed by atoms with Crippen molar-refractivity contribution < 1.29 is 9.18 Å². The van der Waals surface area contributed by atoms with E-state index >= 15 is 0 Å². The maximum atomic E-state index is 13.1. The molecule has 1 aromatic heterocycles. The summed E-state index contributed by atoms with van der Waals surface area (Å²) >= 11 is 6.08. The van der Waals surface area contributed by atoms with Gasteiger partial charge in [0, 0.05) is 25.0 Å². The minimum absolute atomic E-state index is 0.102. The van der Waals surface area contributed by atoms with Gasteiger partial charge in [0.05, 0.1) is 6.54 Å². The molecule has 1 atom stereocenters. The number of halogens is 2. The predicted molar refractivity (Wildman–Crippen MR) is 106 cm³/mol. The van der Waals surface area contributed by atoms with Crippen molar-refractivity contribution in [1.82, 2.24) is 9.47 Å². The summed E-state index contributed by atoms with van der Waals surface area (Å²) < 4.78 is 15.2. The number of aromatic nitrogens is 1. The molecule has 0 aliphatic heterocycles. The van der Waals surface area contributed by atoms with Crippen LogP contribution in [0.3, 0.4) is 0 Å². The van der Waals surface area contributed by atoms with Gasteiger partial charge in [-0.25, -0.2) is 4.39 Å². The average Bonchev–Trinajstić information content (AvgIpc) is 3.10. The minimum atomic E-state index is -0.589. The van der Waals surface area contributed by atoms with Crippen molar-refractivity contribution in [2.75, 3.05) is 0 Å². The Bertz CT molecular complexity index is 875. The number of carbonyl (C=O) groups is 1. The molecule has 0 spiro atoms. The van der Waals surface area contributed by atoms with E-state index in [4.69, 9.17) is 11.6 Å². The monoisotopic (exact) mass is 384 g/mol. The lowest BCUT2D eigenvalue weighted by Crippen LogP contribution is -2.35. The third-order valence-electron chi connectivity index (χ3n) is 4.41. The highest BCUT2D eigenvalue weighted by molar-refractivity contribution is 6.30. The Labute approximate surface area is 164 Å². The van der Waals surface area contributed by atoms with Gasteiger partial charge in [-0.3, -0.25) is 4.79 Å². The Balaban J connectivity index is 1.78. The van der Waals surface area contributed by atoms with E-state index in [1.54, 1.807) is 24.0 Å². The second-order valence-corrected chi connectivity index (χ2v) is 7.20. The molecular formula is C22H22ClFN2O. The number of nitrogens with zero attached hydrogens (tertiary/aromatic N) is 2. The van der Waals surface area contributed by atoms with Gasteiger partial charge in [0.15, 0.2) is 0 Å². The molecule has 0 bridgehead atoms. The van der Waals surface area contributed by atoms with E-state index in [2.05, 4.69) is 4.57 Å². The Morgan fingerprint density at radius 3 is 2.37 bits per heavy atom. The molecule has 2 aromatic carbocycles. The van der Waals surface area contributed by atoms with Crippen LogP contribution in [0.2, 0.25) is 0 Å². The number of alkyl halides is 1. The van der Waals surface area contributed by atoms with Crippen molar-refractivity contribution in [2.24, 2.45) is 0 Å². The maximum absolute atomic E-state index is 13.1. The fourth-order valence-corrected chi connectivity index (χ4v) is 3.13. The van der Waals surface area contributed by atoms with E-state index < -0.39 is 5.38 Å². The third kappa shape index (κ3) is 5.20. The molecule has 140 valence electrons. The van der Waals surface area contributed by atoms with Gasteiger partial charge in [0.25, 0.3) is 0 Å². The zero-order chi connectivity index (χ0) is 19.2. The second-order valence-electron chi connectivity index (χ2n) is 6.55. The fourth-order valence-electron chi connectivity index (χ4n) is 3.00. The van der Waals surface area contributed by atoms with Crippen LogP contribution in [0.5, 0.6) is 0 Å². The van der Waals surface area contributed by atoms with E-state index in [9.17, 15) is 9.18 Å². The van der Waals surface area contributed by atoms with Gasteiger partial charge < -0.3 is 9.47 Å². The van der Waals surface area contributed by atoms with Crippen LogP contribution in [0, 0.1) is 5.82 Å². The second kappa shape index (κ2) is 8.87. The summed E-state index contributed by atoms with van der Waals surface area (Å²) in [5, 5.41) is -0.589. The lowest BCUT2D eigenvalue weighted by molar-refractivity contribution is -0.131. The molecule has 0 saturated carbocycles. The van der Waals surface area contributed by atoms with Crippen LogP contribution >= 0.6 is 11.6 Å². The van der Waals surface area contributed by atoms with Gasteiger partial charge in [-0.05, 0) is 42.3 Å². The largest absolute Gasteiger partial charge is 0.345 e.